The van der Waals surface area contributed by atoms with Gasteiger partial charge in [-0.25, -0.2) is 9.59 Å². The molecule has 2 unspecified atom stereocenters. The van der Waals surface area contributed by atoms with Gasteiger partial charge in [-0.3, -0.25) is 4.79 Å². The van der Waals surface area contributed by atoms with E-state index < -0.39 is 24.0 Å². The highest BCUT2D eigenvalue weighted by atomic mass is 16.5. The van der Waals surface area contributed by atoms with Crippen LogP contribution in [0.2, 0.25) is 0 Å². The lowest BCUT2D eigenvalue weighted by Crippen LogP contribution is -2.47. The zero-order chi connectivity index (χ0) is 24.7. The molecule has 7 nitrogen and oxygen atoms in total. The van der Waals surface area contributed by atoms with Gasteiger partial charge in [-0.2, -0.15) is 0 Å². The molecule has 0 saturated heterocycles. The van der Waals surface area contributed by atoms with Crippen molar-refractivity contribution >= 4 is 18.0 Å². The van der Waals surface area contributed by atoms with Crippen molar-refractivity contribution in [2.24, 2.45) is 11.8 Å². The SMILES string of the molecule is CCCC(CNC(=O)OCC1c2ccccc2-c2ccccc21)C(=O)NC(CC(C)C)C(=O)O. The molecule has 1 aliphatic carbocycles. The molecule has 2 aromatic rings. The Bertz CT molecular complexity index is 974. The van der Waals surface area contributed by atoms with Gasteiger partial charge in [-0.1, -0.05) is 75.7 Å². The van der Waals surface area contributed by atoms with Crippen molar-refractivity contribution in [1.29, 1.82) is 0 Å². The number of hydrogen-bond acceptors (Lipinski definition) is 4. The van der Waals surface area contributed by atoms with E-state index >= 15 is 0 Å². The molecule has 2 amide bonds. The summed E-state index contributed by atoms with van der Waals surface area (Å²) in [6, 6.07) is 15.3. The molecule has 1 aliphatic rings. The molecule has 3 N–H and O–H groups in total. The molecule has 0 spiro atoms. The summed E-state index contributed by atoms with van der Waals surface area (Å²) in [6.07, 6.45) is 1.02. The van der Waals surface area contributed by atoms with Gasteiger partial charge in [0.05, 0.1) is 5.92 Å². The first-order valence-electron chi connectivity index (χ1n) is 11.9. The van der Waals surface area contributed by atoms with Gasteiger partial charge in [-0.15, -0.1) is 0 Å². The average molecular weight is 467 g/mol. The normalized spacial score (nSPS) is 14.1. The highest BCUT2D eigenvalue weighted by Gasteiger charge is 2.30. The smallest absolute Gasteiger partial charge is 0.407 e. The number of benzene rings is 2. The van der Waals surface area contributed by atoms with Gasteiger partial charge < -0.3 is 20.5 Å². The van der Waals surface area contributed by atoms with Crippen molar-refractivity contribution in [2.45, 2.75) is 52.0 Å². The maximum atomic E-state index is 12.7. The van der Waals surface area contributed by atoms with Gasteiger partial charge in [0.1, 0.15) is 12.6 Å². The van der Waals surface area contributed by atoms with Gasteiger partial charge in [0.15, 0.2) is 0 Å². The van der Waals surface area contributed by atoms with Crippen LogP contribution in [0.5, 0.6) is 0 Å². The standard InChI is InChI=1S/C27H34N2O5/c1-4-9-18(25(30)29-24(26(31)32)14-17(2)3)15-28-27(33)34-16-23-21-12-7-5-10-19(21)20-11-6-8-13-22(20)23/h5-8,10-13,17-18,23-24H,4,9,14-16H2,1-3H3,(H,28,33)(H,29,30)(H,31,32). The van der Waals surface area contributed by atoms with Crippen molar-refractivity contribution in [2.75, 3.05) is 13.2 Å². The Morgan fingerprint density at radius 3 is 2.12 bits per heavy atom. The molecular weight excluding hydrogens is 432 g/mol. The van der Waals surface area contributed by atoms with Gasteiger partial charge in [0, 0.05) is 12.5 Å². The molecular formula is C27H34N2O5. The molecule has 2 aromatic carbocycles. The summed E-state index contributed by atoms with van der Waals surface area (Å²) in [7, 11) is 0. The van der Waals surface area contributed by atoms with E-state index in [0.29, 0.717) is 12.8 Å². The number of nitrogens with one attached hydrogen (secondary N) is 2. The Kier molecular flexibility index (Phi) is 8.68. The van der Waals surface area contributed by atoms with Crippen molar-refractivity contribution in [3.8, 4) is 11.1 Å². The van der Waals surface area contributed by atoms with Crippen molar-refractivity contribution in [3.05, 3.63) is 59.7 Å². The van der Waals surface area contributed by atoms with Crippen LogP contribution in [0.1, 0.15) is 57.1 Å². The second-order valence-corrected chi connectivity index (χ2v) is 9.22. The average Bonchev–Trinajstić information content (AvgIpc) is 3.13. The zero-order valence-electron chi connectivity index (χ0n) is 20.0. The number of carbonyl (C=O) groups is 3. The summed E-state index contributed by atoms with van der Waals surface area (Å²) in [4.78, 5) is 36.7. The van der Waals surface area contributed by atoms with E-state index in [-0.39, 0.29) is 30.9 Å². The van der Waals surface area contributed by atoms with E-state index in [1.165, 1.54) is 0 Å². The molecule has 3 rings (SSSR count). The van der Waals surface area contributed by atoms with Gasteiger partial charge in [0.25, 0.3) is 0 Å². The second-order valence-electron chi connectivity index (χ2n) is 9.22. The number of ether oxygens (including phenoxy) is 1. The number of hydrogen-bond donors (Lipinski definition) is 3. The number of carbonyl (C=O) groups excluding carboxylic acids is 2. The second kappa shape index (κ2) is 11.7. The Balaban J connectivity index is 1.57. The van der Waals surface area contributed by atoms with Crippen LogP contribution in [0.25, 0.3) is 11.1 Å². The van der Waals surface area contributed by atoms with Crippen LogP contribution in [-0.4, -0.2) is 42.3 Å². The molecule has 0 heterocycles. The Labute approximate surface area is 200 Å². The highest BCUT2D eigenvalue weighted by molar-refractivity contribution is 5.85. The number of carboxylic acid groups (broad SMARTS) is 1. The third kappa shape index (κ3) is 6.16. The number of amides is 2. The summed E-state index contributed by atoms with van der Waals surface area (Å²) >= 11 is 0. The first-order chi connectivity index (χ1) is 16.3. The number of carboxylic acids is 1. The first kappa shape index (κ1) is 25.3. The lowest BCUT2D eigenvalue weighted by atomic mass is 9.98. The first-order valence-corrected chi connectivity index (χ1v) is 11.9. The predicted molar refractivity (Wildman–Crippen MR) is 130 cm³/mol. The molecule has 34 heavy (non-hydrogen) atoms. The lowest BCUT2D eigenvalue weighted by Gasteiger charge is -2.21. The quantitative estimate of drug-likeness (QED) is 0.450. The van der Waals surface area contributed by atoms with Crippen molar-refractivity contribution < 1.29 is 24.2 Å². The summed E-state index contributed by atoms with van der Waals surface area (Å²) in [6.45, 7) is 6.04. The summed E-state index contributed by atoms with van der Waals surface area (Å²) < 4.78 is 5.54. The van der Waals surface area contributed by atoms with Crippen LogP contribution in [0.3, 0.4) is 0 Å². The van der Waals surface area contributed by atoms with Gasteiger partial charge >= 0.3 is 12.1 Å². The van der Waals surface area contributed by atoms with E-state index in [1.54, 1.807) is 0 Å². The van der Waals surface area contributed by atoms with E-state index in [1.807, 2.05) is 45.0 Å². The van der Waals surface area contributed by atoms with E-state index in [2.05, 4.69) is 34.9 Å². The van der Waals surface area contributed by atoms with Crippen LogP contribution >= 0.6 is 0 Å². The van der Waals surface area contributed by atoms with E-state index in [4.69, 9.17) is 4.74 Å². The number of fused-ring (bicyclic) bond motifs is 3. The summed E-state index contributed by atoms with van der Waals surface area (Å²) in [5, 5.41) is 14.7. The zero-order valence-corrected chi connectivity index (χ0v) is 20.0. The predicted octanol–water partition coefficient (Wildman–Crippen LogP) is 4.56. The molecule has 2 atom stereocenters. The fraction of sp³-hybridized carbons (Fsp3) is 0.444. The van der Waals surface area contributed by atoms with Gasteiger partial charge in [-0.05, 0) is 41.0 Å². The molecule has 7 heteroatoms. The van der Waals surface area contributed by atoms with Crippen LogP contribution in [0.4, 0.5) is 4.79 Å². The largest absolute Gasteiger partial charge is 0.480 e. The minimum absolute atomic E-state index is 0.0414. The minimum Gasteiger partial charge on any atom is -0.480 e. The third-order valence-electron chi connectivity index (χ3n) is 6.17. The number of aliphatic carboxylic acids is 1. The molecule has 0 saturated carbocycles. The van der Waals surface area contributed by atoms with Crippen LogP contribution < -0.4 is 10.6 Å². The number of rotatable bonds is 11. The Morgan fingerprint density at radius 2 is 1.59 bits per heavy atom. The Morgan fingerprint density at radius 1 is 1.00 bits per heavy atom. The molecule has 0 fully saturated rings. The minimum atomic E-state index is -1.05. The lowest BCUT2D eigenvalue weighted by molar-refractivity contribution is -0.143. The van der Waals surface area contributed by atoms with Crippen LogP contribution in [-0.2, 0) is 14.3 Å². The van der Waals surface area contributed by atoms with E-state index in [0.717, 1.165) is 28.7 Å². The summed E-state index contributed by atoms with van der Waals surface area (Å²) in [5.74, 6) is -1.86. The maximum absolute atomic E-state index is 12.7. The molecule has 182 valence electrons. The summed E-state index contributed by atoms with van der Waals surface area (Å²) in [5.41, 5.74) is 4.57. The Hall–Kier alpha value is -3.35. The third-order valence-corrected chi connectivity index (χ3v) is 6.17. The fourth-order valence-corrected chi connectivity index (χ4v) is 4.51. The van der Waals surface area contributed by atoms with Crippen LogP contribution in [0.15, 0.2) is 48.5 Å². The van der Waals surface area contributed by atoms with Crippen molar-refractivity contribution in [1.82, 2.24) is 10.6 Å². The monoisotopic (exact) mass is 466 g/mol. The fourth-order valence-electron chi connectivity index (χ4n) is 4.51. The highest BCUT2D eigenvalue weighted by Crippen LogP contribution is 2.44. The van der Waals surface area contributed by atoms with Gasteiger partial charge in [0.2, 0.25) is 5.91 Å². The van der Waals surface area contributed by atoms with E-state index in [9.17, 15) is 19.5 Å². The maximum Gasteiger partial charge on any atom is 0.407 e. The molecule has 0 radical (unpaired) electrons. The van der Waals surface area contributed by atoms with Crippen molar-refractivity contribution in [3.63, 3.8) is 0 Å². The number of alkyl carbamates (subject to hydrolysis) is 1. The molecule has 0 aliphatic heterocycles. The molecule has 0 aromatic heterocycles. The molecule has 0 bridgehead atoms. The van der Waals surface area contributed by atoms with Crippen LogP contribution in [0, 0.1) is 11.8 Å². The topological polar surface area (TPSA) is 105 Å².